The lowest BCUT2D eigenvalue weighted by Gasteiger charge is -2.33. The Bertz CT molecular complexity index is 600. The number of hydrogen-bond donors (Lipinski definition) is 2. The Labute approximate surface area is 120 Å². The van der Waals surface area contributed by atoms with E-state index in [2.05, 4.69) is 23.3 Å². The van der Waals surface area contributed by atoms with E-state index in [9.17, 15) is 0 Å². The van der Waals surface area contributed by atoms with E-state index in [1.54, 1.807) is 0 Å². The van der Waals surface area contributed by atoms with Gasteiger partial charge < -0.3 is 11.1 Å². The Morgan fingerprint density at radius 3 is 2.75 bits per heavy atom. The van der Waals surface area contributed by atoms with Crippen molar-refractivity contribution < 1.29 is 0 Å². The molecule has 0 bridgehead atoms. The van der Waals surface area contributed by atoms with Crippen molar-refractivity contribution in [2.24, 2.45) is 5.41 Å². The molecule has 1 fully saturated rings. The summed E-state index contributed by atoms with van der Waals surface area (Å²) in [5.74, 6) is 0.967. The van der Waals surface area contributed by atoms with Crippen LogP contribution in [0.1, 0.15) is 39.0 Å². The number of hydrogen-bond acceptors (Lipinski definition) is 3. The van der Waals surface area contributed by atoms with Gasteiger partial charge in [0.05, 0.1) is 5.52 Å². The second-order valence-electron chi connectivity index (χ2n) is 6.37. The second kappa shape index (κ2) is 5.31. The first-order valence-electron chi connectivity index (χ1n) is 7.55. The molecule has 0 unspecified atom stereocenters. The number of fused-ring (bicyclic) bond motifs is 1. The molecule has 20 heavy (non-hydrogen) atoms. The van der Waals surface area contributed by atoms with Crippen LogP contribution in [0, 0.1) is 5.41 Å². The third kappa shape index (κ3) is 2.87. The molecule has 1 aromatic carbocycles. The minimum Gasteiger partial charge on any atom is -0.399 e. The zero-order valence-electron chi connectivity index (χ0n) is 12.2. The molecule has 0 amide bonds. The van der Waals surface area contributed by atoms with Gasteiger partial charge in [0.15, 0.2) is 0 Å². The van der Waals surface area contributed by atoms with Crippen molar-refractivity contribution >= 4 is 22.4 Å². The molecule has 1 aliphatic carbocycles. The van der Waals surface area contributed by atoms with Gasteiger partial charge in [-0.3, -0.25) is 0 Å². The molecule has 106 valence electrons. The molecule has 3 nitrogen and oxygen atoms in total. The Balaban J connectivity index is 1.72. The first-order valence-corrected chi connectivity index (χ1v) is 7.55. The number of benzene rings is 1. The number of aromatic nitrogens is 1. The van der Waals surface area contributed by atoms with Crippen molar-refractivity contribution in [3.8, 4) is 0 Å². The molecule has 0 atom stereocenters. The Kier molecular flexibility index (Phi) is 3.51. The zero-order valence-corrected chi connectivity index (χ0v) is 12.2. The highest BCUT2D eigenvalue weighted by Gasteiger charge is 2.26. The molecule has 1 aromatic heterocycles. The Morgan fingerprint density at radius 2 is 1.95 bits per heavy atom. The molecule has 1 aliphatic rings. The molecule has 0 aliphatic heterocycles. The minimum absolute atomic E-state index is 0.427. The summed E-state index contributed by atoms with van der Waals surface area (Å²) in [6.45, 7) is 3.40. The summed E-state index contributed by atoms with van der Waals surface area (Å²) in [4.78, 5) is 4.67. The number of nitrogens with two attached hydrogens (primary N) is 1. The molecule has 1 saturated carbocycles. The standard InChI is InChI=1S/C17H23N3/c1-17(9-3-2-4-10-17)12-19-16-8-5-13-11-14(18)6-7-15(13)20-16/h5-8,11H,2-4,9-10,12,18H2,1H3,(H,19,20). The highest BCUT2D eigenvalue weighted by Crippen LogP contribution is 2.35. The molecular formula is C17H23N3. The zero-order chi connectivity index (χ0) is 14.0. The predicted octanol–water partition coefficient (Wildman–Crippen LogP) is 4.20. The SMILES string of the molecule is CC1(CNc2ccc3cc(N)ccc3n2)CCCCC1. The van der Waals surface area contributed by atoms with Gasteiger partial charge in [0.2, 0.25) is 0 Å². The normalized spacial score (nSPS) is 18.1. The van der Waals surface area contributed by atoms with Gasteiger partial charge in [-0.15, -0.1) is 0 Å². The topological polar surface area (TPSA) is 50.9 Å². The fourth-order valence-electron chi connectivity index (χ4n) is 3.13. The summed E-state index contributed by atoms with van der Waals surface area (Å²) in [6, 6.07) is 9.99. The van der Waals surface area contributed by atoms with Gasteiger partial charge in [-0.05, 0) is 48.6 Å². The molecule has 0 radical (unpaired) electrons. The average Bonchev–Trinajstić information content (AvgIpc) is 2.46. The minimum atomic E-state index is 0.427. The lowest BCUT2D eigenvalue weighted by atomic mass is 9.76. The van der Waals surface area contributed by atoms with E-state index in [4.69, 9.17) is 5.73 Å². The van der Waals surface area contributed by atoms with Crippen LogP contribution in [0.4, 0.5) is 11.5 Å². The summed E-state index contributed by atoms with van der Waals surface area (Å²) < 4.78 is 0. The molecule has 2 aromatic rings. The first-order chi connectivity index (χ1) is 9.65. The van der Waals surface area contributed by atoms with Gasteiger partial charge in [0.1, 0.15) is 5.82 Å². The molecule has 0 spiro atoms. The molecule has 3 rings (SSSR count). The van der Waals surface area contributed by atoms with E-state index < -0.39 is 0 Å². The third-order valence-corrected chi connectivity index (χ3v) is 4.47. The predicted molar refractivity (Wildman–Crippen MR) is 85.8 cm³/mol. The average molecular weight is 269 g/mol. The molecule has 0 saturated heterocycles. The lowest BCUT2D eigenvalue weighted by Crippen LogP contribution is -2.29. The van der Waals surface area contributed by atoms with Crippen molar-refractivity contribution in [2.45, 2.75) is 39.0 Å². The van der Waals surface area contributed by atoms with Crippen LogP contribution >= 0.6 is 0 Å². The fraction of sp³-hybridized carbons (Fsp3) is 0.471. The molecular weight excluding hydrogens is 246 g/mol. The van der Waals surface area contributed by atoms with E-state index in [-0.39, 0.29) is 0 Å². The van der Waals surface area contributed by atoms with E-state index in [0.717, 1.165) is 29.0 Å². The third-order valence-electron chi connectivity index (χ3n) is 4.47. The van der Waals surface area contributed by atoms with Gasteiger partial charge in [-0.1, -0.05) is 26.2 Å². The summed E-state index contributed by atoms with van der Waals surface area (Å²) >= 11 is 0. The van der Waals surface area contributed by atoms with Crippen LogP contribution in [0.15, 0.2) is 30.3 Å². The number of anilines is 2. The smallest absolute Gasteiger partial charge is 0.126 e. The number of nitrogens with zero attached hydrogens (tertiary/aromatic N) is 1. The van der Waals surface area contributed by atoms with Gasteiger partial charge in [0, 0.05) is 17.6 Å². The van der Waals surface area contributed by atoms with E-state index >= 15 is 0 Å². The number of pyridine rings is 1. The van der Waals surface area contributed by atoms with E-state index in [1.807, 2.05) is 24.3 Å². The van der Waals surface area contributed by atoms with E-state index in [0.29, 0.717) is 5.41 Å². The highest BCUT2D eigenvalue weighted by atomic mass is 15.0. The second-order valence-corrected chi connectivity index (χ2v) is 6.37. The van der Waals surface area contributed by atoms with Crippen molar-refractivity contribution in [1.82, 2.24) is 4.98 Å². The summed E-state index contributed by atoms with van der Waals surface area (Å²) in [5.41, 5.74) is 8.00. The monoisotopic (exact) mass is 269 g/mol. The van der Waals surface area contributed by atoms with Crippen LogP contribution in [0.2, 0.25) is 0 Å². The van der Waals surface area contributed by atoms with Crippen LogP contribution in [0.5, 0.6) is 0 Å². The van der Waals surface area contributed by atoms with Crippen molar-refractivity contribution in [3.63, 3.8) is 0 Å². The molecule has 3 N–H and O–H groups in total. The maximum absolute atomic E-state index is 5.79. The van der Waals surface area contributed by atoms with Crippen molar-refractivity contribution in [2.75, 3.05) is 17.6 Å². The van der Waals surface area contributed by atoms with Crippen LogP contribution in [-0.4, -0.2) is 11.5 Å². The van der Waals surface area contributed by atoms with Gasteiger partial charge in [-0.25, -0.2) is 4.98 Å². The maximum Gasteiger partial charge on any atom is 0.126 e. The van der Waals surface area contributed by atoms with Crippen molar-refractivity contribution in [1.29, 1.82) is 0 Å². The largest absolute Gasteiger partial charge is 0.399 e. The van der Waals surface area contributed by atoms with Crippen LogP contribution in [0.3, 0.4) is 0 Å². The lowest BCUT2D eigenvalue weighted by molar-refractivity contribution is 0.233. The van der Waals surface area contributed by atoms with Crippen LogP contribution < -0.4 is 11.1 Å². The first kappa shape index (κ1) is 13.2. The number of rotatable bonds is 3. The summed E-state index contributed by atoms with van der Waals surface area (Å²) in [7, 11) is 0. The van der Waals surface area contributed by atoms with Gasteiger partial charge >= 0.3 is 0 Å². The molecule has 1 heterocycles. The van der Waals surface area contributed by atoms with Gasteiger partial charge in [-0.2, -0.15) is 0 Å². The maximum atomic E-state index is 5.79. The summed E-state index contributed by atoms with van der Waals surface area (Å²) in [6.07, 6.45) is 6.77. The van der Waals surface area contributed by atoms with Crippen LogP contribution in [-0.2, 0) is 0 Å². The highest BCUT2D eigenvalue weighted by molar-refractivity contribution is 5.83. The number of nitrogen functional groups attached to an aromatic ring is 1. The molecule has 3 heteroatoms. The fourth-order valence-corrected chi connectivity index (χ4v) is 3.13. The Hall–Kier alpha value is -1.77. The number of nitrogens with one attached hydrogen (secondary N) is 1. The van der Waals surface area contributed by atoms with E-state index in [1.165, 1.54) is 32.1 Å². The van der Waals surface area contributed by atoms with Crippen LogP contribution in [0.25, 0.3) is 10.9 Å². The quantitative estimate of drug-likeness (QED) is 0.821. The van der Waals surface area contributed by atoms with Gasteiger partial charge in [0.25, 0.3) is 0 Å². The Morgan fingerprint density at radius 1 is 1.15 bits per heavy atom. The summed E-state index contributed by atoms with van der Waals surface area (Å²) in [5, 5.41) is 4.62. The van der Waals surface area contributed by atoms with Crippen molar-refractivity contribution in [3.05, 3.63) is 30.3 Å².